The topological polar surface area (TPSA) is 48.9 Å². The first kappa shape index (κ1) is 24.1. The van der Waals surface area contributed by atoms with Crippen LogP contribution >= 0.6 is 47.3 Å². The summed E-state index contributed by atoms with van der Waals surface area (Å²) in [6.45, 7) is 4.27. The third kappa shape index (κ3) is 6.93. The Morgan fingerprint density at radius 2 is 2.00 bits per heavy atom. The van der Waals surface area contributed by atoms with Crippen LogP contribution in [0.5, 0.6) is 0 Å². The first-order valence-corrected chi connectivity index (χ1v) is 11.4. The van der Waals surface area contributed by atoms with Gasteiger partial charge in [-0.15, -0.1) is 24.0 Å². The van der Waals surface area contributed by atoms with Crippen molar-refractivity contribution in [1.82, 2.24) is 15.5 Å². The Kier molecular flexibility index (Phi) is 10.7. The molecule has 2 fully saturated rings. The summed E-state index contributed by atoms with van der Waals surface area (Å²) in [6.07, 6.45) is 5.93. The molecule has 3 unspecified atom stereocenters. The molecule has 1 heterocycles. The molecule has 1 aliphatic carbocycles. The molecule has 8 heteroatoms. The standard InChI is InChI=1S/C20H31ClN4OS.HI/c1-22-20(24-17-7-8-18(13-17)27-2)23-14-19(25-9-11-26-12-10-25)15-3-5-16(21)6-4-15;/h3-6,17-19H,7-14H2,1-2H3,(H2,22,23,24);1H. The molecule has 0 aromatic heterocycles. The SMILES string of the molecule is CN=C(NCC(c1ccc(Cl)cc1)N1CCOCC1)NC1CCC(SC)C1.I. The fraction of sp³-hybridized carbons (Fsp3) is 0.650. The van der Waals surface area contributed by atoms with Crippen LogP contribution in [0, 0.1) is 0 Å². The summed E-state index contributed by atoms with van der Waals surface area (Å²) in [5, 5.41) is 8.71. The maximum Gasteiger partial charge on any atom is 0.191 e. The Labute approximate surface area is 195 Å². The second kappa shape index (κ2) is 12.5. The number of nitrogens with zero attached hydrogens (tertiary/aromatic N) is 2. The van der Waals surface area contributed by atoms with Gasteiger partial charge in [0.05, 0.1) is 19.3 Å². The first-order chi connectivity index (χ1) is 13.2. The van der Waals surface area contributed by atoms with Crippen molar-refractivity contribution in [3.05, 3.63) is 34.9 Å². The maximum absolute atomic E-state index is 6.09. The Bertz CT molecular complexity index is 613. The van der Waals surface area contributed by atoms with Gasteiger partial charge in [0.25, 0.3) is 0 Å². The number of thioether (sulfide) groups is 1. The van der Waals surface area contributed by atoms with Gasteiger partial charge >= 0.3 is 0 Å². The second-order valence-corrected chi connectivity index (χ2v) is 8.76. The van der Waals surface area contributed by atoms with Crippen LogP contribution in [0.25, 0.3) is 0 Å². The molecule has 1 aromatic rings. The lowest BCUT2D eigenvalue weighted by molar-refractivity contribution is 0.0170. The van der Waals surface area contributed by atoms with Gasteiger partial charge in [-0.25, -0.2) is 0 Å². The molecule has 5 nitrogen and oxygen atoms in total. The van der Waals surface area contributed by atoms with E-state index in [1.54, 1.807) is 0 Å². The van der Waals surface area contributed by atoms with Crippen molar-refractivity contribution in [3.63, 3.8) is 0 Å². The molecule has 2 N–H and O–H groups in total. The molecule has 3 rings (SSSR count). The van der Waals surface area contributed by atoms with Crippen LogP contribution in [0.1, 0.15) is 30.9 Å². The van der Waals surface area contributed by atoms with Crippen LogP contribution < -0.4 is 10.6 Å². The number of nitrogens with one attached hydrogen (secondary N) is 2. The van der Waals surface area contributed by atoms with E-state index in [4.69, 9.17) is 16.3 Å². The fourth-order valence-electron chi connectivity index (χ4n) is 3.90. The smallest absolute Gasteiger partial charge is 0.191 e. The molecule has 3 atom stereocenters. The van der Waals surface area contributed by atoms with Crippen molar-refractivity contribution in [3.8, 4) is 0 Å². The van der Waals surface area contributed by atoms with Gasteiger partial charge in [-0.05, 0) is 43.2 Å². The average Bonchev–Trinajstić information content (AvgIpc) is 3.17. The molecule has 1 saturated carbocycles. The van der Waals surface area contributed by atoms with Crippen LogP contribution in [0.3, 0.4) is 0 Å². The Balaban J connectivity index is 0.00000280. The lowest BCUT2D eigenvalue weighted by Gasteiger charge is -2.35. The summed E-state index contributed by atoms with van der Waals surface area (Å²) in [6, 6.07) is 8.98. The molecule has 158 valence electrons. The van der Waals surface area contributed by atoms with Crippen LogP contribution in [0.4, 0.5) is 0 Å². The maximum atomic E-state index is 6.09. The predicted molar refractivity (Wildman–Crippen MR) is 131 cm³/mol. The Morgan fingerprint density at radius 1 is 1.29 bits per heavy atom. The number of halogens is 2. The average molecular weight is 539 g/mol. The van der Waals surface area contributed by atoms with E-state index >= 15 is 0 Å². The van der Waals surface area contributed by atoms with Gasteiger partial charge in [0.2, 0.25) is 0 Å². The third-order valence-corrected chi connectivity index (χ3v) is 6.83. The zero-order valence-corrected chi connectivity index (χ0v) is 20.6. The van der Waals surface area contributed by atoms with E-state index in [9.17, 15) is 0 Å². The first-order valence-electron chi connectivity index (χ1n) is 9.77. The highest BCUT2D eigenvalue weighted by Crippen LogP contribution is 2.28. The molecule has 2 aliphatic rings. The van der Waals surface area contributed by atoms with Crippen LogP contribution in [0.15, 0.2) is 29.3 Å². The summed E-state index contributed by atoms with van der Waals surface area (Å²) in [5.41, 5.74) is 1.27. The minimum atomic E-state index is 0. The number of aliphatic imine (C=N–C) groups is 1. The van der Waals surface area contributed by atoms with E-state index in [1.807, 2.05) is 30.9 Å². The van der Waals surface area contributed by atoms with Crippen molar-refractivity contribution in [2.75, 3.05) is 46.2 Å². The van der Waals surface area contributed by atoms with Gasteiger partial charge < -0.3 is 15.4 Å². The van der Waals surface area contributed by atoms with Gasteiger partial charge in [0.1, 0.15) is 0 Å². The number of benzene rings is 1. The number of hydrogen-bond donors (Lipinski definition) is 2. The number of hydrogen-bond acceptors (Lipinski definition) is 4. The van der Waals surface area contributed by atoms with Crippen molar-refractivity contribution in [2.45, 2.75) is 36.6 Å². The van der Waals surface area contributed by atoms with Crippen molar-refractivity contribution < 1.29 is 4.74 Å². The summed E-state index contributed by atoms with van der Waals surface area (Å²) in [5.74, 6) is 0.897. The molecular formula is C20H32ClIN4OS. The fourth-order valence-corrected chi connectivity index (χ4v) is 4.82. The highest BCUT2D eigenvalue weighted by molar-refractivity contribution is 14.0. The van der Waals surface area contributed by atoms with Gasteiger partial charge in [-0.1, -0.05) is 23.7 Å². The monoisotopic (exact) mass is 538 g/mol. The van der Waals surface area contributed by atoms with Gasteiger partial charge in [-0.3, -0.25) is 9.89 Å². The van der Waals surface area contributed by atoms with Crippen molar-refractivity contribution in [2.24, 2.45) is 4.99 Å². The van der Waals surface area contributed by atoms with E-state index in [0.717, 1.165) is 49.1 Å². The number of morpholine rings is 1. The van der Waals surface area contributed by atoms with E-state index in [1.165, 1.54) is 24.8 Å². The third-order valence-electron chi connectivity index (χ3n) is 5.49. The summed E-state index contributed by atoms with van der Waals surface area (Å²) in [4.78, 5) is 6.93. The second-order valence-electron chi connectivity index (χ2n) is 7.18. The van der Waals surface area contributed by atoms with E-state index in [-0.39, 0.29) is 30.0 Å². The molecule has 0 radical (unpaired) electrons. The molecule has 0 amide bonds. The highest BCUT2D eigenvalue weighted by atomic mass is 127. The number of rotatable bonds is 6. The minimum Gasteiger partial charge on any atom is -0.379 e. The largest absolute Gasteiger partial charge is 0.379 e. The van der Waals surface area contributed by atoms with Crippen LogP contribution in [-0.2, 0) is 4.74 Å². The lowest BCUT2D eigenvalue weighted by Crippen LogP contribution is -2.48. The lowest BCUT2D eigenvalue weighted by atomic mass is 10.0. The number of ether oxygens (including phenoxy) is 1. The summed E-state index contributed by atoms with van der Waals surface area (Å²) in [7, 11) is 1.85. The molecule has 1 aromatic carbocycles. The van der Waals surface area contributed by atoms with Gasteiger partial charge in [-0.2, -0.15) is 11.8 Å². The minimum absolute atomic E-state index is 0. The molecule has 1 saturated heterocycles. The molecule has 1 aliphatic heterocycles. The predicted octanol–water partition coefficient (Wildman–Crippen LogP) is 3.78. The summed E-state index contributed by atoms with van der Waals surface area (Å²) >= 11 is 8.07. The molecular weight excluding hydrogens is 507 g/mol. The zero-order valence-electron chi connectivity index (χ0n) is 16.7. The zero-order chi connectivity index (χ0) is 19.1. The highest BCUT2D eigenvalue weighted by Gasteiger charge is 2.26. The van der Waals surface area contributed by atoms with Gasteiger partial charge in [0, 0.05) is 43.0 Å². The van der Waals surface area contributed by atoms with Crippen LogP contribution in [0.2, 0.25) is 5.02 Å². The Morgan fingerprint density at radius 3 is 2.61 bits per heavy atom. The summed E-state index contributed by atoms with van der Waals surface area (Å²) < 4.78 is 5.54. The van der Waals surface area contributed by atoms with E-state index in [0.29, 0.717) is 6.04 Å². The van der Waals surface area contributed by atoms with Crippen molar-refractivity contribution >= 4 is 53.3 Å². The van der Waals surface area contributed by atoms with Crippen molar-refractivity contribution in [1.29, 1.82) is 0 Å². The van der Waals surface area contributed by atoms with E-state index in [2.05, 4.69) is 38.9 Å². The van der Waals surface area contributed by atoms with E-state index < -0.39 is 0 Å². The molecule has 0 spiro atoms. The Hall–Kier alpha value is -0.220. The normalized spacial score (nSPS) is 24.5. The van der Waals surface area contributed by atoms with Gasteiger partial charge in [0.15, 0.2) is 5.96 Å². The number of guanidine groups is 1. The molecule has 0 bridgehead atoms. The quantitative estimate of drug-likeness (QED) is 0.328. The van der Waals surface area contributed by atoms with Crippen LogP contribution in [-0.4, -0.2) is 68.3 Å². The molecule has 28 heavy (non-hydrogen) atoms.